The van der Waals surface area contributed by atoms with E-state index >= 15 is 0 Å². The van der Waals surface area contributed by atoms with E-state index in [1.54, 1.807) is 31.2 Å². The number of carbonyl (C=O) groups excluding carboxylic acids is 2. The number of nitrogens with one attached hydrogen (secondary N) is 1. The van der Waals surface area contributed by atoms with E-state index in [4.69, 9.17) is 11.6 Å². The maximum atomic E-state index is 13.2. The molecule has 0 aliphatic carbocycles. The van der Waals surface area contributed by atoms with E-state index in [-0.39, 0.29) is 37.4 Å². The van der Waals surface area contributed by atoms with Crippen LogP contribution in [0.2, 0.25) is 5.02 Å². The van der Waals surface area contributed by atoms with Gasteiger partial charge in [-0.2, -0.15) is 0 Å². The van der Waals surface area contributed by atoms with Crippen LogP contribution in [0.3, 0.4) is 0 Å². The van der Waals surface area contributed by atoms with Crippen molar-refractivity contribution in [3.8, 4) is 0 Å². The highest BCUT2D eigenvalue weighted by Crippen LogP contribution is 2.22. The molecule has 2 rings (SSSR count). The van der Waals surface area contributed by atoms with Crippen LogP contribution in [-0.4, -0.2) is 50.0 Å². The molecule has 0 spiro atoms. The summed E-state index contributed by atoms with van der Waals surface area (Å²) in [5, 5.41) is 3.28. The third-order valence-corrected chi connectivity index (χ3v) is 6.47. The second-order valence-corrected chi connectivity index (χ2v) is 10.6. The molecule has 0 aliphatic heterocycles. The van der Waals surface area contributed by atoms with Gasteiger partial charge in [0.05, 0.1) is 11.9 Å². The molecular weight excluding hydrogens is 462 g/mol. The molecule has 0 heterocycles. The fourth-order valence-electron chi connectivity index (χ4n) is 3.40. The molecular formula is C24H32ClN3O4S. The molecule has 0 aliphatic rings. The maximum Gasteiger partial charge on any atom is 0.242 e. The van der Waals surface area contributed by atoms with Crippen molar-refractivity contribution in [3.05, 3.63) is 65.2 Å². The third-order valence-electron chi connectivity index (χ3n) is 5.04. The molecule has 7 nitrogen and oxygen atoms in total. The van der Waals surface area contributed by atoms with Gasteiger partial charge in [0.25, 0.3) is 0 Å². The first-order valence-corrected chi connectivity index (χ1v) is 13.1. The predicted octanol–water partition coefficient (Wildman–Crippen LogP) is 3.83. The van der Waals surface area contributed by atoms with E-state index in [9.17, 15) is 18.0 Å². The molecule has 2 aromatic rings. The van der Waals surface area contributed by atoms with Crippen molar-refractivity contribution >= 4 is 39.1 Å². The Labute approximate surface area is 201 Å². The molecule has 0 bridgehead atoms. The molecule has 2 aromatic carbocycles. The van der Waals surface area contributed by atoms with E-state index in [1.165, 1.54) is 9.21 Å². The monoisotopic (exact) mass is 493 g/mol. The summed E-state index contributed by atoms with van der Waals surface area (Å²) >= 11 is 6.02. The Bertz CT molecular complexity index is 1040. The zero-order valence-corrected chi connectivity index (χ0v) is 21.1. The number of benzene rings is 2. The van der Waals surface area contributed by atoms with Crippen LogP contribution in [0.15, 0.2) is 54.6 Å². The van der Waals surface area contributed by atoms with Gasteiger partial charge in [-0.15, -0.1) is 0 Å². The topological polar surface area (TPSA) is 86.8 Å². The summed E-state index contributed by atoms with van der Waals surface area (Å²) < 4.78 is 25.9. The van der Waals surface area contributed by atoms with Crippen molar-refractivity contribution < 1.29 is 18.0 Å². The van der Waals surface area contributed by atoms with Gasteiger partial charge in [0.1, 0.15) is 6.04 Å². The van der Waals surface area contributed by atoms with Crippen LogP contribution in [-0.2, 0) is 26.2 Å². The minimum Gasteiger partial charge on any atom is -0.352 e. The Hall–Kier alpha value is -2.58. The Kier molecular flexibility index (Phi) is 9.73. The number of rotatable bonds is 11. The first-order valence-electron chi connectivity index (χ1n) is 10.9. The van der Waals surface area contributed by atoms with Gasteiger partial charge in [-0.25, -0.2) is 8.42 Å². The second kappa shape index (κ2) is 12.0. The van der Waals surface area contributed by atoms with Crippen LogP contribution in [0.5, 0.6) is 0 Å². The van der Waals surface area contributed by atoms with E-state index in [0.717, 1.165) is 11.8 Å². The number of amides is 2. The molecule has 1 N–H and O–H groups in total. The van der Waals surface area contributed by atoms with Crippen molar-refractivity contribution in [3.63, 3.8) is 0 Å². The molecule has 1 atom stereocenters. The van der Waals surface area contributed by atoms with Gasteiger partial charge in [0.15, 0.2) is 0 Å². The average molecular weight is 494 g/mol. The Morgan fingerprint density at radius 3 is 2.27 bits per heavy atom. The van der Waals surface area contributed by atoms with Gasteiger partial charge >= 0.3 is 0 Å². The number of hydrogen-bond acceptors (Lipinski definition) is 4. The van der Waals surface area contributed by atoms with E-state index in [2.05, 4.69) is 5.32 Å². The van der Waals surface area contributed by atoms with Crippen molar-refractivity contribution in [1.82, 2.24) is 10.2 Å². The molecule has 33 heavy (non-hydrogen) atoms. The highest BCUT2D eigenvalue weighted by Gasteiger charge is 2.27. The minimum absolute atomic E-state index is 0.0466. The van der Waals surface area contributed by atoms with Crippen LogP contribution in [0, 0.1) is 0 Å². The van der Waals surface area contributed by atoms with Crippen LogP contribution in [0.1, 0.15) is 39.2 Å². The summed E-state index contributed by atoms with van der Waals surface area (Å²) in [5.41, 5.74) is 1.36. The number of anilines is 1. The lowest BCUT2D eigenvalue weighted by atomic mass is 10.1. The van der Waals surface area contributed by atoms with Crippen LogP contribution in [0.25, 0.3) is 0 Å². The molecule has 0 aromatic heterocycles. The van der Waals surface area contributed by atoms with E-state index < -0.39 is 16.1 Å². The lowest BCUT2D eigenvalue weighted by Crippen LogP contribution is -2.49. The number of carbonyl (C=O) groups is 2. The fourth-order valence-corrected chi connectivity index (χ4v) is 4.54. The first kappa shape index (κ1) is 26.7. The number of nitrogens with zero attached hydrogens (tertiary/aromatic N) is 2. The van der Waals surface area contributed by atoms with Crippen molar-refractivity contribution in [2.75, 3.05) is 17.1 Å². The zero-order valence-electron chi connectivity index (χ0n) is 19.5. The quantitative estimate of drug-likeness (QED) is 0.515. The van der Waals surface area contributed by atoms with Crippen LogP contribution >= 0.6 is 11.6 Å². The lowest BCUT2D eigenvalue weighted by Gasteiger charge is -2.30. The summed E-state index contributed by atoms with van der Waals surface area (Å²) in [6.45, 7) is 5.84. The predicted molar refractivity (Wildman–Crippen MR) is 133 cm³/mol. The molecule has 0 radical (unpaired) electrons. The van der Waals surface area contributed by atoms with E-state index in [0.29, 0.717) is 17.1 Å². The molecule has 0 saturated heterocycles. The zero-order chi connectivity index (χ0) is 24.6. The standard InChI is InChI=1S/C24H32ClN3O4S/c1-18(2)26-24(30)19(3)27(17-20-10-6-5-7-11-20)23(29)14-9-15-28(33(4,31)32)22-13-8-12-21(25)16-22/h5-8,10-13,16,18-19H,9,14-15,17H2,1-4H3,(H,26,30). The Balaban J connectivity index is 2.14. The maximum absolute atomic E-state index is 13.2. The second-order valence-electron chi connectivity index (χ2n) is 8.27. The SMILES string of the molecule is CC(C)NC(=O)C(C)N(Cc1ccccc1)C(=O)CCCN(c1cccc(Cl)c1)S(C)(=O)=O. The van der Waals surface area contributed by atoms with Gasteiger partial charge in [-0.1, -0.05) is 48.0 Å². The molecule has 180 valence electrons. The van der Waals surface area contributed by atoms with Gasteiger partial charge in [0.2, 0.25) is 21.8 Å². The minimum atomic E-state index is -3.56. The first-order chi connectivity index (χ1) is 15.5. The molecule has 9 heteroatoms. The summed E-state index contributed by atoms with van der Waals surface area (Å²) in [6.07, 6.45) is 1.51. The van der Waals surface area contributed by atoms with E-state index in [1.807, 2.05) is 44.2 Å². The van der Waals surface area contributed by atoms with Gasteiger partial charge in [-0.3, -0.25) is 13.9 Å². The highest BCUT2D eigenvalue weighted by atomic mass is 35.5. The van der Waals surface area contributed by atoms with Crippen molar-refractivity contribution in [2.24, 2.45) is 0 Å². The molecule has 0 fully saturated rings. The molecule has 2 amide bonds. The molecule has 1 unspecified atom stereocenters. The Morgan fingerprint density at radius 2 is 1.70 bits per heavy atom. The van der Waals surface area contributed by atoms with Crippen molar-refractivity contribution in [2.45, 2.75) is 52.2 Å². The lowest BCUT2D eigenvalue weighted by molar-refractivity contribution is -0.140. The summed E-state index contributed by atoms with van der Waals surface area (Å²) in [6, 6.07) is 15.3. The number of sulfonamides is 1. The Morgan fingerprint density at radius 1 is 1.03 bits per heavy atom. The normalized spacial score (nSPS) is 12.3. The van der Waals surface area contributed by atoms with Gasteiger partial charge in [-0.05, 0) is 51.0 Å². The third kappa shape index (κ3) is 8.37. The average Bonchev–Trinajstić information content (AvgIpc) is 2.73. The summed E-state index contributed by atoms with van der Waals surface area (Å²) in [5.74, 6) is -0.448. The van der Waals surface area contributed by atoms with Crippen molar-refractivity contribution in [1.29, 1.82) is 0 Å². The smallest absolute Gasteiger partial charge is 0.242 e. The van der Waals surface area contributed by atoms with Crippen LogP contribution < -0.4 is 9.62 Å². The highest BCUT2D eigenvalue weighted by molar-refractivity contribution is 7.92. The number of halogens is 1. The fraction of sp³-hybridized carbons (Fsp3) is 0.417. The summed E-state index contributed by atoms with van der Waals surface area (Å²) in [7, 11) is -3.56. The number of hydrogen-bond donors (Lipinski definition) is 1. The summed E-state index contributed by atoms with van der Waals surface area (Å²) in [4.78, 5) is 27.3. The van der Waals surface area contributed by atoms with Gasteiger partial charge < -0.3 is 10.2 Å². The van der Waals surface area contributed by atoms with Crippen LogP contribution in [0.4, 0.5) is 5.69 Å². The largest absolute Gasteiger partial charge is 0.352 e. The van der Waals surface area contributed by atoms with Gasteiger partial charge in [0, 0.05) is 30.6 Å². The molecule has 0 saturated carbocycles.